The van der Waals surface area contributed by atoms with Crippen LogP contribution >= 0.6 is 63.7 Å². The molecule has 0 amide bonds. The third kappa shape index (κ3) is 6.90. The van der Waals surface area contributed by atoms with Crippen LogP contribution < -0.4 is 0 Å². The topological polar surface area (TPSA) is 113 Å². The number of halogens is 4. The predicted molar refractivity (Wildman–Crippen MR) is 98.7 cm³/mol. The van der Waals surface area contributed by atoms with E-state index in [1.807, 2.05) is 0 Å². The average Bonchev–Trinajstić information content (AvgIpc) is 3.40. The lowest BCUT2D eigenvalue weighted by molar-refractivity contribution is 0.403. The highest BCUT2D eigenvalue weighted by molar-refractivity contribution is 9.13. The third-order valence-corrected chi connectivity index (χ3v) is 6.17. The summed E-state index contributed by atoms with van der Waals surface area (Å²) in [5.74, 6) is 0.213. The molecule has 0 bridgehead atoms. The van der Waals surface area contributed by atoms with Gasteiger partial charge in [-0.15, -0.1) is 20.4 Å². The van der Waals surface area contributed by atoms with Crippen molar-refractivity contribution in [2.24, 2.45) is 0 Å². The zero-order valence-corrected chi connectivity index (χ0v) is 18.0. The van der Waals surface area contributed by atoms with Crippen molar-refractivity contribution >= 4 is 70.8 Å². The van der Waals surface area contributed by atoms with E-state index in [9.17, 15) is 0 Å². The summed E-state index contributed by atoms with van der Waals surface area (Å²) in [6.07, 6.45) is 4.43. The van der Waals surface area contributed by atoms with Crippen LogP contribution in [0.25, 0.3) is 0 Å². The van der Waals surface area contributed by atoms with E-state index in [1.165, 1.54) is 12.8 Å². The molecule has 0 spiro atoms. The first kappa shape index (κ1) is 19.5. The molecule has 0 atom stereocenters. The van der Waals surface area contributed by atoms with Crippen LogP contribution in [0.2, 0.25) is 5.82 Å². The number of nitrogens with zero attached hydrogens (tertiary/aromatic N) is 5. The quantitative estimate of drug-likeness (QED) is 0.472. The van der Waals surface area contributed by atoms with Gasteiger partial charge in [0.25, 0.3) is 0 Å². The van der Waals surface area contributed by atoms with Gasteiger partial charge in [-0.1, -0.05) is 12.8 Å². The Bertz CT molecular complexity index is 595. The Kier molecular flexibility index (Phi) is 7.67. The smallest absolute Gasteiger partial charge is 0.427 e. The van der Waals surface area contributed by atoms with Crippen LogP contribution in [0.5, 0.6) is 0 Å². The number of aromatic amines is 1. The van der Waals surface area contributed by atoms with Gasteiger partial charge in [0, 0.05) is 0 Å². The van der Waals surface area contributed by atoms with Crippen molar-refractivity contribution in [2.75, 3.05) is 0 Å². The van der Waals surface area contributed by atoms with Crippen molar-refractivity contribution in [1.82, 2.24) is 30.4 Å². The van der Waals surface area contributed by atoms with Crippen LogP contribution in [0.3, 0.4) is 0 Å². The molecule has 2 heterocycles. The first-order chi connectivity index (χ1) is 10.9. The van der Waals surface area contributed by atoms with E-state index < -0.39 is 7.12 Å². The molecule has 2 aliphatic carbocycles. The highest BCUT2D eigenvalue weighted by Crippen LogP contribution is 2.36. The van der Waals surface area contributed by atoms with Crippen LogP contribution in [0.4, 0.5) is 0 Å². The van der Waals surface area contributed by atoms with Crippen LogP contribution in [-0.2, 0) is 0 Å². The van der Waals surface area contributed by atoms with E-state index in [0.29, 0.717) is 15.2 Å². The molecule has 13 heteroatoms. The van der Waals surface area contributed by atoms with Crippen molar-refractivity contribution in [2.45, 2.75) is 37.5 Å². The largest absolute Gasteiger partial charge is 0.454 e. The maximum absolute atomic E-state index is 8.25. The minimum absolute atomic E-state index is 0.213. The lowest BCUT2D eigenvalue weighted by Crippen LogP contribution is -2.09. The number of H-pyrrole nitrogens is 1. The van der Waals surface area contributed by atoms with Gasteiger partial charge in [0.1, 0.15) is 0 Å². The second kappa shape index (κ2) is 9.04. The number of nitrogens with one attached hydrogen (secondary N) is 1. The summed E-state index contributed by atoms with van der Waals surface area (Å²) in [6.45, 7) is 0. The summed E-state index contributed by atoms with van der Waals surface area (Å²) in [7, 11) is -1.04. The predicted octanol–water partition coefficient (Wildman–Crippen LogP) is 3.09. The fourth-order valence-electron chi connectivity index (χ4n) is 1.35. The molecule has 0 aliphatic heterocycles. The van der Waals surface area contributed by atoms with E-state index in [-0.39, 0.29) is 5.82 Å². The molecule has 2 fully saturated rings. The number of rotatable bonds is 2. The van der Waals surface area contributed by atoms with Gasteiger partial charge in [-0.25, -0.2) is 0 Å². The van der Waals surface area contributed by atoms with E-state index in [1.54, 1.807) is 4.80 Å². The van der Waals surface area contributed by atoms with Gasteiger partial charge in [-0.05, 0) is 82.4 Å². The molecule has 0 radical (unpaired) electrons. The Labute approximate surface area is 166 Å². The Balaban J connectivity index is 0.000000131. The fourth-order valence-corrected chi connectivity index (χ4v) is 2.17. The summed E-state index contributed by atoms with van der Waals surface area (Å²) < 4.78 is 2.99. The van der Waals surface area contributed by atoms with Gasteiger partial charge in [-0.2, -0.15) is 10.0 Å². The molecular formula is C10H13BBr4N6O2. The van der Waals surface area contributed by atoms with E-state index >= 15 is 0 Å². The normalized spacial score (nSPS) is 16.1. The molecular weight excluding hydrogens is 567 g/mol. The zero-order valence-electron chi connectivity index (χ0n) is 11.7. The molecule has 126 valence electrons. The van der Waals surface area contributed by atoms with Crippen molar-refractivity contribution in [3.05, 3.63) is 18.4 Å². The summed E-state index contributed by atoms with van der Waals surface area (Å²) in [5, 5.41) is 34.5. The second-order valence-corrected chi connectivity index (χ2v) is 7.99. The van der Waals surface area contributed by atoms with Gasteiger partial charge < -0.3 is 10.0 Å². The van der Waals surface area contributed by atoms with Gasteiger partial charge in [0.15, 0.2) is 18.4 Å². The molecule has 23 heavy (non-hydrogen) atoms. The molecule has 2 aliphatic rings. The summed E-state index contributed by atoms with van der Waals surface area (Å²) in [4.78, 5) is 1.76. The highest BCUT2D eigenvalue weighted by Gasteiger charge is 2.33. The first-order valence-electron chi connectivity index (χ1n) is 6.74. The lowest BCUT2D eigenvalue weighted by Gasteiger charge is -1.89. The van der Waals surface area contributed by atoms with Crippen LogP contribution in [0.1, 0.15) is 31.7 Å². The summed E-state index contributed by atoms with van der Waals surface area (Å²) in [5.41, 5.74) is 0. The maximum atomic E-state index is 8.25. The van der Waals surface area contributed by atoms with Gasteiger partial charge in [-0.3, -0.25) is 0 Å². The Hall–Kier alpha value is 0.185. The second-order valence-electron chi connectivity index (χ2n) is 4.99. The van der Waals surface area contributed by atoms with Crippen molar-refractivity contribution < 1.29 is 10.0 Å². The lowest BCUT2D eigenvalue weighted by atomic mass is 9.84. The zero-order chi connectivity index (χ0) is 17.0. The summed E-state index contributed by atoms with van der Waals surface area (Å²) in [6, 6.07) is 0.558. The van der Waals surface area contributed by atoms with E-state index in [4.69, 9.17) is 10.0 Å². The molecule has 0 unspecified atom stereocenters. The van der Waals surface area contributed by atoms with Crippen molar-refractivity contribution in [3.8, 4) is 0 Å². The number of hydrogen-bond acceptors (Lipinski definition) is 6. The Morgan fingerprint density at radius 1 is 0.870 bits per heavy atom. The molecule has 2 aromatic heterocycles. The minimum Gasteiger partial charge on any atom is -0.427 e. The van der Waals surface area contributed by atoms with E-state index in [0.717, 1.165) is 22.0 Å². The maximum Gasteiger partial charge on any atom is 0.454 e. The first-order valence-corrected chi connectivity index (χ1v) is 9.91. The molecule has 2 saturated carbocycles. The van der Waals surface area contributed by atoms with E-state index in [2.05, 4.69) is 89.3 Å². The third-order valence-electron chi connectivity index (χ3n) is 2.93. The molecule has 4 rings (SSSR count). The molecule has 3 N–H and O–H groups in total. The van der Waals surface area contributed by atoms with Crippen molar-refractivity contribution in [1.29, 1.82) is 0 Å². The average molecular weight is 580 g/mol. The van der Waals surface area contributed by atoms with Crippen LogP contribution in [-0.4, -0.2) is 47.6 Å². The van der Waals surface area contributed by atoms with Crippen LogP contribution in [0.15, 0.2) is 18.4 Å². The van der Waals surface area contributed by atoms with Gasteiger partial charge >= 0.3 is 7.12 Å². The van der Waals surface area contributed by atoms with Crippen LogP contribution in [0, 0.1) is 0 Å². The SMILES string of the molecule is Brc1n[nH]nc1Br.Brc1nn(C2CC2)nc1Br.OB(O)C1CC1. The fraction of sp³-hybridized carbons (Fsp3) is 0.600. The highest BCUT2D eigenvalue weighted by atomic mass is 79.9. The monoisotopic (exact) mass is 576 g/mol. The molecule has 0 saturated heterocycles. The van der Waals surface area contributed by atoms with Gasteiger partial charge in [0.2, 0.25) is 0 Å². The minimum atomic E-state index is -1.04. The molecule has 0 aromatic carbocycles. The van der Waals surface area contributed by atoms with Gasteiger partial charge in [0.05, 0.1) is 6.04 Å². The molecule has 2 aromatic rings. The standard InChI is InChI=1S/C5H5Br2N3.C3H7BO2.C2HBr2N3/c6-4-5(7)9-10(8-4)3-1-2-3;5-4(6)3-1-2-3;3-1-2(4)6-7-5-1/h3H,1-2H2;3,5-6H,1-2H2;(H,5,6,7). The Morgan fingerprint density at radius 2 is 1.35 bits per heavy atom. The molecule has 8 nitrogen and oxygen atoms in total. The Morgan fingerprint density at radius 3 is 1.57 bits per heavy atom. The summed E-state index contributed by atoms with van der Waals surface area (Å²) >= 11 is 12.8. The number of hydrogen-bond donors (Lipinski definition) is 3. The number of aromatic nitrogens is 6. The van der Waals surface area contributed by atoms with Crippen molar-refractivity contribution in [3.63, 3.8) is 0 Å².